The summed E-state index contributed by atoms with van der Waals surface area (Å²) in [6, 6.07) is 12.1. The number of primary amides is 1. The third kappa shape index (κ3) is 12.6. The molecule has 0 aliphatic carbocycles. The summed E-state index contributed by atoms with van der Waals surface area (Å²) in [5, 5.41) is 19.2. The van der Waals surface area contributed by atoms with Gasteiger partial charge in [0.15, 0.2) is 1.41 Å². The van der Waals surface area contributed by atoms with E-state index in [9.17, 15) is 38.7 Å². The summed E-state index contributed by atoms with van der Waals surface area (Å²) in [5.74, 6) is -6.23. The van der Waals surface area contributed by atoms with E-state index >= 15 is 0 Å². The zero-order valence-electron chi connectivity index (χ0n) is 25.2. The van der Waals surface area contributed by atoms with E-state index in [2.05, 4.69) is 21.3 Å². The van der Waals surface area contributed by atoms with Crippen molar-refractivity contribution in [1.29, 1.82) is 0 Å². The number of ether oxygens (including phenoxy) is 1. The fourth-order valence-electron chi connectivity index (χ4n) is 3.61. The van der Waals surface area contributed by atoms with E-state index in [0.29, 0.717) is 10.9 Å². The molecule has 0 heterocycles. The van der Waals surface area contributed by atoms with Crippen LogP contribution in [0.4, 0.5) is 4.79 Å². The number of hydrogen-bond acceptors (Lipinski definition) is 9. The molecule has 0 aliphatic heterocycles. The van der Waals surface area contributed by atoms with E-state index in [0.717, 1.165) is 5.56 Å². The van der Waals surface area contributed by atoms with Crippen LogP contribution in [0.5, 0.6) is 5.75 Å². The van der Waals surface area contributed by atoms with Crippen LogP contribution in [-0.2, 0) is 46.5 Å². The van der Waals surface area contributed by atoms with Crippen LogP contribution in [0.1, 0.15) is 25.0 Å². The summed E-state index contributed by atoms with van der Waals surface area (Å²) >= 11 is 0. The van der Waals surface area contributed by atoms with Crippen molar-refractivity contribution < 1.29 is 44.8 Å². The van der Waals surface area contributed by atoms with Crippen LogP contribution in [0.25, 0.3) is 0 Å². The fourth-order valence-corrected chi connectivity index (χ4v) is 3.61. The minimum atomic E-state index is -1.31. The summed E-state index contributed by atoms with van der Waals surface area (Å²) in [5.41, 5.74) is 6.14. The molecule has 6 amide bonds. The number of hydrogen-bond donors (Lipinski definition) is 7. The number of rotatable bonds is 16. The van der Waals surface area contributed by atoms with Crippen molar-refractivity contribution in [2.24, 2.45) is 11.7 Å². The Balaban J connectivity index is 2.01. The zero-order chi connectivity index (χ0) is 33.5. The van der Waals surface area contributed by atoms with Crippen LogP contribution in [0.3, 0.4) is 0 Å². The molecule has 15 heteroatoms. The van der Waals surface area contributed by atoms with Gasteiger partial charge in [0.25, 0.3) is 5.91 Å². The van der Waals surface area contributed by atoms with E-state index in [-0.39, 0.29) is 18.8 Å². The van der Waals surface area contributed by atoms with Crippen molar-refractivity contribution in [3.8, 4) is 5.75 Å². The first kappa shape index (κ1) is 33.0. The summed E-state index contributed by atoms with van der Waals surface area (Å²) in [6.45, 7) is 1.08. The molecule has 0 bridgehead atoms. The van der Waals surface area contributed by atoms with Gasteiger partial charge in [0.05, 0.1) is 13.1 Å². The maximum Gasteiger partial charge on any atom is 0.407 e. The summed E-state index contributed by atoms with van der Waals surface area (Å²) < 4.78 is 12.9. The molecule has 2 rings (SSSR count). The second-order valence-corrected chi connectivity index (χ2v) is 9.85. The number of nitrogens with one attached hydrogen (secondary N) is 5. The normalized spacial score (nSPS) is 12.1. The quantitative estimate of drug-likeness (QED) is 0.112. The van der Waals surface area contributed by atoms with Gasteiger partial charge in [-0.05, 0) is 29.2 Å². The molecule has 0 saturated carbocycles. The molecule has 0 fully saturated rings. The minimum absolute atomic E-state index is 0.0354. The molecule has 0 unspecified atom stereocenters. The van der Waals surface area contributed by atoms with Crippen LogP contribution in [0.15, 0.2) is 54.6 Å². The number of carbonyl (C=O) groups excluding carboxylic acids is 7. The largest absolute Gasteiger partial charge is 0.508 e. The van der Waals surface area contributed by atoms with Crippen LogP contribution in [0, 0.1) is 5.92 Å². The second-order valence-electron chi connectivity index (χ2n) is 9.85. The zero-order valence-corrected chi connectivity index (χ0v) is 24.2. The molecule has 0 saturated heterocycles. The molecule has 15 nitrogen and oxygen atoms in total. The highest BCUT2D eigenvalue weighted by Gasteiger charge is 2.29. The monoisotopic (exact) mass is 613 g/mol. The number of benzene rings is 2. The van der Waals surface area contributed by atoms with E-state index in [4.69, 9.17) is 11.9 Å². The highest BCUT2D eigenvalue weighted by atomic mass is 16.5. The molecule has 2 atom stereocenters. The van der Waals surface area contributed by atoms with Gasteiger partial charge in [0.2, 0.25) is 29.4 Å². The van der Waals surface area contributed by atoms with Gasteiger partial charge in [0.1, 0.15) is 31.0 Å². The molecule has 2 aromatic carbocycles. The molecule has 8 N–H and O–H groups in total. The van der Waals surface area contributed by atoms with Gasteiger partial charge < -0.3 is 42.2 Å². The molecule has 236 valence electrons. The van der Waals surface area contributed by atoms with Crippen LogP contribution in [0.2, 0.25) is 1.41 Å². The highest BCUT2D eigenvalue weighted by molar-refractivity contribution is 6.36. The Morgan fingerprint density at radius 3 is 2.09 bits per heavy atom. The fraction of sp³-hybridized carbons (Fsp3) is 0.345. The molecular weight excluding hydrogens is 576 g/mol. The van der Waals surface area contributed by atoms with Gasteiger partial charge in [0, 0.05) is 6.42 Å². The Bertz CT molecular complexity index is 1370. The van der Waals surface area contributed by atoms with Gasteiger partial charge >= 0.3 is 6.09 Å². The number of aromatic hydroxyl groups is 1. The van der Waals surface area contributed by atoms with Crippen molar-refractivity contribution in [2.75, 3.05) is 19.6 Å². The Morgan fingerprint density at radius 2 is 1.48 bits per heavy atom. The third-order valence-electron chi connectivity index (χ3n) is 5.97. The molecule has 0 radical (unpaired) electrons. The lowest BCUT2D eigenvalue weighted by Crippen LogP contribution is -2.57. The topological polar surface area (TPSA) is 235 Å². The number of phenols is 1. The average Bonchev–Trinajstić information content (AvgIpc) is 3.00. The maximum absolute atomic E-state index is 13.3. The van der Waals surface area contributed by atoms with Crippen molar-refractivity contribution in [1.82, 2.24) is 26.6 Å². The van der Waals surface area contributed by atoms with Gasteiger partial charge in [-0.2, -0.15) is 0 Å². The standard InChI is InChI=1S/C29H36N6O9/c1-17(2)25(28(42)32-13-22(37)26(30)40)35-27(41)21(12-18-8-10-20(36)11-9-18)34-24(39)15-31-23(38)14-33-29(43)44-16-19-6-4-3-5-7-19/h3-11,17,21,25,36H,12-16H2,1-2H3,(H2,30,40)(H,31,38)(H,32,42)(H,33,43)(H,34,39)(H,35,41)/t21-,25-/m0/s1/i/hD. The predicted molar refractivity (Wildman–Crippen MR) is 155 cm³/mol. The minimum Gasteiger partial charge on any atom is -0.508 e. The number of ketones is 1. The average molecular weight is 614 g/mol. The summed E-state index contributed by atoms with van der Waals surface area (Å²) in [7, 11) is 0. The molecule has 0 spiro atoms. The Morgan fingerprint density at radius 1 is 0.818 bits per heavy atom. The summed E-state index contributed by atoms with van der Waals surface area (Å²) in [4.78, 5) is 85.5. The van der Waals surface area contributed by atoms with Gasteiger partial charge in [-0.3, -0.25) is 28.8 Å². The van der Waals surface area contributed by atoms with Crippen LogP contribution in [-0.4, -0.2) is 78.2 Å². The first-order valence-corrected chi connectivity index (χ1v) is 13.5. The van der Waals surface area contributed by atoms with Crippen molar-refractivity contribution >= 4 is 41.4 Å². The molecular formula is C29H36N6O9. The van der Waals surface area contributed by atoms with Crippen molar-refractivity contribution in [2.45, 2.75) is 39.0 Å². The highest BCUT2D eigenvalue weighted by Crippen LogP contribution is 2.12. The number of amides is 6. The second kappa shape index (κ2) is 17.5. The van der Waals surface area contributed by atoms with Gasteiger partial charge in [-0.15, -0.1) is 0 Å². The number of alkyl carbamates (subject to hydrolysis) is 1. The van der Waals surface area contributed by atoms with Crippen LogP contribution < -0.4 is 32.3 Å². The number of Topliss-reactive ketones (excluding diaryl/α,β-unsaturated/α-hetero) is 1. The lowest BCUT2D eigenvalue weighted by Gasteiger charge is -2.25. The van der Waals surface area contributed by atoms with E-state index in [1.54, 1.807) is 44.2 Å². The van der Waals surface area contributed by atoms with Crippen molar-refractivity contribution in [3.63, 3.8) is 0 Å². The molecule has 0 aromatic heterocycles. The number of carbonyl (C=O) groups is 7. The number of nitrogens with two attached hydrogens (primary N) is 1. The third-order valence-corrected chi connectivity index (χ3v) is 5.97. The van der Waals surface area contributed by atoms with Gasteiger partial charge in [-0.1, -0.05) is 56.3 Å². The van der Waals surface area contributed by atoms with E-state index in [1.165, 1.54) is 24.3 Å². The summed E-state index contributed by atoms with van der Waals surface area (Å²) in [6.07, 6.45) is -1.01. The maximum atomic E-state index is 13.3. The molecule has 44 heavy (non-hydrogen) atoms. The smallest absolute Gasteiger partial charge is 0.407 e. The van der Waals surface area contributed by atoms with E-state index < -0.39 is 79.0 Å². The van der Waals surface area contributed by atoms with E-state index in [1.807, 2.05) is 0 Å². The lowest BCUT2D eigenvalue weighted by atomic mass is 10.0. The first-order chi connectivity index (χ1) is 21.3. The number of phenolic OH excluding ortho intramolecular Hbond substituents is 1. The lowest BCUT2D eigenvalue weighted by molar-refractivity contribution is -0.137. The Labute approximate surface area is 254 Å². The Hall–Kier alpha value is -5.47. The predicted octanol–water partition coefficient (Wildman–Crippen LogP) is -1.23. The molecule has 2 aromatic rings. The molecule has 0 aliphatic rings. The Kier molecular flexibility index (Phi) is 13.1. The van der Waals surface area contributed by atoms with Crippen molar-refractivity contribution in [3.05, 3.63) is 65.7 Å². The van der Waals surface area contributed by atoms with Crippen LogP contribution >= 0.6 is 0 Å². The first-order valence-electron chi connectivity index (χ1n) is 13.9. The SMILES string of the molecule is [2H]N(CC(=O)N[C@@H](Cc1ccc(O)cc1)C(=O)N[C@H](C(=O)NCC(=O)C(N)=O)C(C)C)C(=O)CNC(=O)OCc1ccccc1. The van der Waals surface area contributed by atoms with Gasteiger partial charge in [-0.25, -0.2) is 4.79 Å².